The fraction of sp³-hybridized carbons (Fsp3) is 0.565. The van der Waals surface area contributed by atoms with Crippen molar-refractivity contribution in [3.63, 3.8) is 0 Å². The molecule has 0 amide bonds. The van der Waals surface area contributed by atoms with Gasteiger partial charge in [0.05, 0.1) is 0 Å². The predicted molar refractivity (Wildman–Crippen MR) is 119 cm³/mol. The fourth-order valence-corrected chi connectivity index (χ4v) is 12.8. The van der Waals surface area contributed by atoms with E-state index in [0.29, 0.717) is 0 Å². The predicted octanol–water partition coefficient (Wildman–Crippen LogP) is 7.77. The maximum absolute atomic E-state index is 4.93. The van der Waals surface area contributed by atoms with Crippen LogP contribution >= 0.6 is 17.0 Å². The first-order chi connectivity index (χ1) is 12.7. The van der Waals surface area contributed by atoms with Gasteiger partial charge in [-0.25, -0.2) is 0 Å². The molecule has 0 radical (unpaired) electrons. The molecule has 1 saturated heterocycles. The topological polar surface area (TPSA) is 0 Å². The first-order valence-electron chi connectivity index (χ1n) is 10.2. The molecule has 2 saturated carbocycles. The minimum atomic E-state index is -1.20. The van der Waals surface area contributed by atoms with Crippen molar-refractivity contribution in [2.75, 3.05) is 0 Å². The van der Waals surface area contributed by atoms with E-state index < -0.39 is 28.9 Å². The molecule has 0 spiro atoms. The standard InChI is InChI=1S/C22H29Si.CH3.2ClH.Zr/c1-23(19-13-16-7-2-3-8-17(16)14-19)12-6-11-21-20-10-5-4-9-18(20)15-22(21)23;;;;/h2-5,7-10,13,16-22H,6,11-12,14-15H2,1H3;1H3;2*1H;/q2*-1;;;+4/p-2. The summed E-state index contributed by atoms with van der Waals surface area (Å²) in [6.45, 7) is 2.79. The van der Waals surface area contributed by atoms with Gasteiger partial charge in [-0.1, -0.05) is 74.4 Å². The van der Waals surface area contributed by atoms with Crippen molar-refractivity contribution < 1.29 is 20.8 Å². The summed E-state index contributed by atoms with van der Waals surface area (Å²) in [6.07, 6.45) is 28.0. The zero-order chi connectivity index (χ0) is 18.1. The van der Waals surface area contributed by atoms with Gasteiger partial charge >= 0.3 is 37.9 Å². The Kier molecular flexibility index (Phi) is 7.97. The Morgan fingerprint density at radius 1 is 0.963 bits per heavy atom. The van der Waals surface area contributed by atoms with Crippen LogP contribution in [0.3, 0.4) is 0 Å². The van der Waals surface area contributed by atoms with Gasteiger partial charge in [0, 0.05) is 8.07 Å². The Morgan fingerprint density at radius 2 is 1.63 bits per heavy atom. The molecule has 4 aliphatic carbocycles. The van der Waals surface area contributed by atoms with E-state index in [0.717, 1.165) is 40.7 Å². The third-order valence-electron chi connectivity index (χ3n) is 8.06. The Balaban J connectivity index is 0.000000495. The summed E-state index contributed by atoms with van der Waals surface area (Å²) < 4.78 is 0. The molecule has 0 bridgehead atoms. The Labute approximate surface area is 186 Å². The minimum absolute atomic E-state index is 0. The van der Waals surface area contributed by atoms with Gasteiger partial charge < -0.3 is 13.8 Å². The number of hydrogen-bond donors (Lipinski definition) is 0. The van der Waals surface area contributed by atoms with Gasteiger partial charge in [-0.15, -0.1) is 12.0 Å². The molecule has 8 unspecified atom stereocenters. The van der Waals surface area contributed by atoms with E-state index in [4.69, 9.17) is 17.0 Å². The van der Waals surface area contributed by atoms with E-state index in [1.165, 1.54) is 25.7 Å². The quantitative estimate of drug-likeness (QED) is 0.256. The van der Waals surface area contributed by atoms with Crippen LogP contribution < -0.4 is 0 Å². The van der Waals surface area contributed by atoms with E-state index in [9.17, 15) is 0 Å². The van der Waals surface area contributed by atoms with Crippen LogP contribution in [0.2, 0.25) is 23.7 Å². The Bertz CT molecular complexity index is 608. The van der Waals surface area contributed by atoms with Crippen LogP contribution in [0.5, 0.6) is 0 Å². The average Bonchev–Trinajstić information content (AvgIpc) is 3.25. The number of halogens is 2. The fourth-order valence-electron chi connectivity index (χ4n) is 6.86. The molecule has 0 N–H and O–H groups in total. The van der Waals surface area contributed by atoms with E-state index in [1.807, 2.05) is 0 Å². The molecule has 0 aromatic carbocycles. The zero-order valence-electron chi connectivity index (χ0n) is 16.5. The van der Waals surface area contributed by atoms with Crippen molar-refractivity contribution in [2.24, 2.45) is 29.6 Å². The number of allylic oxidation sites excluding steroid dienone is 8. The molecule has 1 heterocycles. The second kappa shape index (κ2) is 9.63. The zero-order valence-corrected chi connectivity index (χ0v) is 21.5. The van der Waals surface area contributed by atoms with Gasteiger partial charge in [-0.2, -0.15) is 5.54 Å². The van der Waals surface area contributed by atoms with E-state index in [2.05, 4.69) is 61.6 Å². The van der Waals surface area contributed by atoms with E-state index >= 15 is 0 Å². The van der Waals surface area contributed by atoms with Crippen molar-refractivity contribution in [2.45, 2.75) is 49.4 Å². The first-order valence-corrected chi connectivity index (χ1v) is 19.4. The van der Waals surface area contributed by atoms with Crippen LogP contribution in [0.4, 0.5) is 0 Å². The number of rotatable bonds is 1. The molecule has 0 aromatic rings. The van der Waals surface area contributed by atoms with E-state index in [-0.39, 0.29) is 7.43 Å². The number of fused-ring (bicyclic) bond motifs is 4. The monoisotopic (exact) mass is 496 g/mol. The van der Waals surface area contributed by atoms with Crippen molar-refractivity contribution in [3.05, 3.63) is 62.5 Å². The van der Waals surface area contributed by atoms with Crippen LogP contribution in [0.15, 0.2) is 48.6 Å². The van der Waals surface area contributed by atoms with Gasteiger partial charge in [-0.05, 0) is 35.6 Å². The molecule has 146 valence electrons. The first kappa shape index (κ1) is 22.3. The molecule has 1 aliphatic heterocycles. The summed E-state index contributed by atoms with van der Waals surface area (Å²) in [4.78, 5) is 0. The summed E-state index contributed by atoms with van der Waals surface area (Å²) in [5, 5.41) is 0. The molecule has 8 atom stereocenters. The average molecular weight is 499 g/mol. The summed E-state index contributed by atoms with van der Waals surface area (Å²) in [5.41, 5.74) is 2.04. The SMILES string of the molecule is C[Si]1(C2[CH-]C3C=CC=CC3C2)CCCC2C3C=CC=CC3CC21.[CH3-].[Cl][Zr+2][Cl]. The third-order valence-corrected chi connectivity index (χ3v) is 14.0. The maximum atomic E-state index is 4.93. The van der Waals surface area contributed by atoms with Crippen LogP contribution in [0, 0.1) is 43.4 Å². The molecule has 3 fully saturated rings. The summed E-state index contributed by atoms with van der Waals surface area (Å²) in [5.74, 6) is 4.31. The molecule has 0 nitrogen and oxygen atoms in total. The molecular formula is C23H32Cl2SiZr. The Hall–Kier alpha value is 0.640. The van der Waals surface area contributed by atoms with Crippen molar-refractivity contribution in [1.29, 1.82) is 0 Å². The van der Waals surface area contributed by atoms with Crippen LogP contribution in [0.25, 0.3) is 0 Å². The summed E-state index contributed by atoms with van der Waals surface area (Å²) in [6, 6.07) is 1.59. The molecule has 5 rings (SSSR count). The van der Waals surface area contributed by atoms with Crippen LogP contribution in [0.1, 0.15) is 25.7 Å². The second-order valence-electron chi connectivity index (χ2n) is 9.03. The van der Waals surface area contributed by atoms with Gasteiger partial charge in [0.1, 0.15) is 0 Å². The van der Waals surface area contributed by atoms with Crippen molar-refractivity contribution in [1.82, 2.24) is 0 Å². The van der Waals surface area contributed by atoms with Gasteiger partial charge in [0.2, 0.25) is 0 Å². The summed E-state index contributed by atoms with van der Waals surface area (Å²) in [7, 11) is 8.67. The second-order valence-corrected chi connectivity index (χ2v) is 17.8. The molecule has 0 aromatic heterocycles. The molecule has 5 aliphatic rings. The normalized spacial score (nSPS) is 45.7. The van der Waals surface area contributed by atoms with Gasteiger partial charge in [0.25, 0.3) is 0 Å². The molecule has 27 heavy (non-hydrogen) atoms. The van der Waals surface area contributed by atoms with E-state index in [1.54, 1.807) is 6.04 Å². The van der Waals surface area contributed by atoms with Gasteiger partial charge in [-0.3, -0.25) is 0 Å². The van der Waals surface area contributed by atoms with Crippen LogP contribution in [-0.4, -0.2) is 8.07 Å². The van der Waals surface area contributed by atoms with Crippen molar-refractivity contribution >= 4 is 25.1 Å². The number of hydrogen-bond acceptors (Lipinski definition) is 0. The molecular weight excluding hydrogens is 466 g/mol. The van der Waals surface area contributed by atoms with Crippen LogP contribution in [-0.2, 0) is 20.8 Å². The summed E-state index contributed by atoms with van der Waals surface area (Å²) >= 11 is -0.826. The Morgan fingerprint density at radius 3 is 2.37 bits per heavy atom. The molecule has 4 heteroatoms. The third kappa shape index (κ3) is 4.26. The van der Waals surface area contributed by atoms with Gasteiger partial charge in [0.15, 0.2) is 0 Å². The van der Waals surface area contributed by atoms with Crippen molar-refractivity contribution in [3.8, 4) is 0 Å².